The monoisotopic (exact) mass is 304 g/mol. The molecule has 3 aromatic rings. The first kappa shape index (κ1) is 13.4. The van der Waals surface area contributed by atoms with Crippen LogP contribution in [-0.2, 0) is 6.42 Å². The number of halogens is 1. The van der Waals surface area contributed by atoms with Crippen molar-refractivity contribution < 1.29 is 4.42 Å². The number of hydrogen-bond donors (Lipinski definition) is 1. The molecule has 0 saturated carbocycles. The predicted octanol–water partition coefficient (Wildman–Crippen LogP) is 4.22. The molecule has 0 atom stereocenters. The number of hydrogen-bond acceptors (Lipinski definition) is 4. The highest BCUT2D eigenvalue weighted by Crippen LogP contribution is 2.34. The number of nitrogens with zero attached hydrogens (tertiary/aromatic N) is 1. The van der Waals surface area contributed by atoms with E-state index in [1.807, 2.05) is 36.4 Å². The molecule has 102 valence electrons. The molecule has 0 unspecified atom stereocenters. The lowest BCUT2D eigenvalue weighted by atomic mass is 10.2. The van der Waals surface area contributed by atoms with E-state index in [1.54, 1.807) is 17.6 Å². The van der Waals surface area contributed by atoms with Gasteiger partial charge in [0.05, 0.1) is 6.26 Å². The summed E-state index contributed by atoms with van der Waals surface area (Å²) in [5.41, 5.74) is 7.62. The summed E-state index contributed by atoms with van der Waals surface area (Å²) >= 11 is 7.57. The maximum atomic E-state index is 5.92. The second kappa shape index (κ2) is 5.79. The van der Waals surface area contributed by atoms with Crippen molar-refractivity contribution in [3.63, 3.8) is 0 Å². The van der Waals surface area contributed by atoms with Crippen LogP contribution < -0.4 is 5.73 Å². The van der Waals surface area contributed by atoms with Gasteiger partial charge in [-0.05, 0) is 37.2 Å². The van der Waals surface area contributed by atoms with E-state index < -0.39 is 0 Å². The van der Waals surface area contributed by atoms with Gasteiger partial charge in [-0.3, -0.25) is 0 Å². The number of rotatable bonds is 4. The van der Waals surface area contributed by atoms with E-state index in [0.717, 1.165) is 38.3 Å². The molecule has 0 radical (unpaired) electrons. The zero-order valence-corrected chi connectivity index (χ0v) is 12.2. The van der Waals surface area contributed by atoms with Crippen LogP contribution in [0.1, 0.15) is 4.88 Å². The van der Waals surface area contributed by atoms with Gasteiger partial charge in [0, 0.05) is 15.5 Å². The summed E-state index contributed by atoms with van der Waals surface area (Å²) in [4.78, 5) is 5.84. The smallest absolute Gasteiger partial charge is 0.153 e. The van der Waals surface area contributed by atoms with Gasteiger partial charge in [-0.2, -0.15) is 0 Å². The number of aromatic nitrogens is 1. The first-order valence-corrected chi connectivity index (χ1v) is 7.47. The van der Waals surface area contributed by atoms with Gasteiger partial charge in [0.15, 0.2) is 5.76 Å². The first-order valence-electron chi connectivity index (χ1n) is 6.27. The fourth-order valence-electron chi connectivity index (χ4n) is 1.97. The van der Waals surface area contributed by atoms with Crippen molar-refractivity contribution in [1.82, 2.24) is 4.98 Å². The van der Waals surface area contributed by atoms with Crippen LogP contribution in [-0.4, -0.2) is 11.5 Å². The standard InChI is InChI=1S/C15H13ClN2OS/c16-11-5-3-10(4-6-11)15-18-14(12-2-1-9-19-12)13(20-15)7-8-17/h1-6,9H,7-8,17H2. The quantitative estimate of drug-likeness (QED) is 0.785. The Morgan fingerprint density at radius 1 is 1.20 bits per heavy atom. The second-order valence-electron chi connectivity index (χ2n) is 4.31. The van der Waals surface area contributed by atoms with E-state index in [0.29, 0.717) is 6.54 Å². The van der Waals surface area contributed by atoms with Crippen LogP contribution in [0, 0.1) is 0 Å². The Morgan fingerprint density at radius 2 is 2.00 bits per heavy atom. The maximum Gasteiger partial charge on any atom is 0.153 e. The maximum absolute atomic E-state index is 5.92. The largest absolute Gasteiger partial charge is 0.463 e. The molecule has 20 heavy (non-hydrogen) atoms. The van der Waals surface area contributed by atoms with E-state index in [4.69, 9.17) is 26.7 Å². The molecule has 0 aliphatic carbocycles. The normalized spacial score (nSPS) is 10.9. The molecular formula is C15H13ClN2OS. The van der Waals surface area contributed by atoms with Crippen molar-refractivity contribution in [2.24, 2.45) is 5.73 Å². The molecule has 2 N–H and O–H groups in total. The number of benzene rings is 1. The van der Waals surface area contributed by atoms with Crippen LogP contribution in [0.5, 0.6) is 0 Å². The molecule has 0 fully saturated rings. The Bertz CT molecular complexity index is 689. The first-order chi connectivity index (χ1) is 9.78. The minimum absolute atomic E-state index is 0.593. The fourth-order valence-corrected chi connectivity index (χ4v) is 3.19. The number of furan rings is 1. The van der Waals surface area contributed by atoms with Crippen molar-refractivity contribution in [3.05, 3.63) is 52.6 Å². The predicted molar refractivity (Wildman–Crippen MR) is 83.0 cm³/mol. The molecule has 0 saturated heterocycles. The Balaban J connectivity index is 2.05. The average Bonchev–Trinajstić information content (AvgIpc) is 3.09. The van der Waals surface area contributed by atoms with Crippen LogP contribution in [0.15, 0.2) is 47.1 Å². The van der Waals surface area contributed by atoms with Gasteiger partial charge in [-0.1, -0.05) is 23.7 Å². The molecule has 2 aromatic heterocycles. The van der Waals surface area contributed by atoms with Gasteiger partial charge < -0.3 is 10.2 Å². The molecule has 3 nitrogen and oxygen atoms in total. The second-order valence-corrected chi connectivity index (χ2v) is 5.83. The van der Waals surface area contributed by atoms with Gasteiger partial charge >= 0.3 is 0 Å². The molecule has 0 spiro atoms. The summed E-state index contributed by atoms with van der Waals surface area (Å²) in [5.74, 6) is 0.782. The third kappa shape index (κ3) is 2.63. The number of thiazole rings is 1. The summed E-state index contributed by atoms with van der Waals surface area (Å²) < 4.78 is 5.46. The summed E-state index contributed by atoms with van der Waals surface area (Å²) in [7, 11) is 0. The van der Waals surface area contributed by atoms with E-state index in [1.165, 1.54) is 0 Å². The topological polar surface area (TPSA) is 52.0 Å². The van der Waals surface area contributed by atoms with E-state index in [2.05, 4.69) is 0 Å². The third-order valence-corrected chi connectivity index (χ3v) is 4.33. The van der Waals surface area contributed by atoms with Crippen LogP contribution in [0.25, 0.3) is 22.0 Å². The van der Waals surface area contributed by atoms with Gasteiger partial charge in [0.25, 0.3) is 0 Å². The molecule has 5 heteroatoms. The minimum Gasteiger partial charge on any atom is -0.463 e. The van der Waals surface area contributed by atoms with Crippen molar-refractivity contribution >= 4 is 22.9 Å². The van der Waals surface area contributed by atoms with Gasteiger partial charge in [0.1, 0.15) is 10.7 Å². The van der Waals surface area contributed by atoms with Crippen molar-refractivity contribution in [1.29, 1.82) is 0 Å². The molecule has 1 aromatic carbocycles. The van der Waals surface area contributed by atoms with Crippen molar-refractivity contribution in [2.75, 3.05) is 6.54 Å². The lowest BCUT2D eigenvalue weighted by molar-refractivity contribution is 0.580. The average molecular weight is 305 g/mol. The van der Waals surface area contributed by atoms with E-state index in [-0.39, 0.29) is 0 Å². The van der Waals surface area contributed by atoms with Crippen LogP contribution in [0.3, 0.4) is 0 Å². The molecule has 0 amide bonds. The third-order valence-electron chi connectivity index (χ3n) is 2.91. The van der Waals surface area contributed by atoms with Gasteiger partial charge in [-0.25, -0.2) is 4.98 Å². The molecule has 2 heterocycles. The zero-order chi connectivity index (χ0) is 13.9. The SMILES string of the molecule is NCCc1sc(-c2ccc(Cl)cc2)nc1-c1ccco1. The Morgan fingerprint density at radius 3 is 2.65 bits per heavy atom. The van der Waals surface area contributed by atoms with Crippen molar-refractivity contribution in [2.45, 2.75) is 6.42 Å². The Hall–Kier alpha value is -1.62. The van der Waals surface area contributed by atoms with Gasteiger partial charge in [-0.15, -0.1) is 11.3 Å². The summed E-state index contributed by atoms with van der Waals surface area (Å²) in [6.45, 7) is 0.593. The Labute approximate surface area is 126 Å². The minimum atomic E-state index is 0.593. The van der Waals surface area contributed by atoms with Crippen LogP contribution in [0.4, 0.5) is 0 Å². The Kier molecular flexibility index (Phi) is 3.87. The van der Waals surface area contributed by atoms with Gasteiger partial charge in [0.2, 0.25) is 0 Å². The highest BCUT2D eigenvalue weighted by atomic mass is 35.5. The fraction of sp³-hybridized carbons (Fsp3) is 0.133. The van der Waals surface area contributed by atoms with Crippen LogP contribution in [0.2, 0.25) is 5.02 Å². The van der Waals surface area contributed by atoms with E-state index >= 15 is 0 Å². The highest BCUT2D eigenvalue weighted by Gasteiger charge is 2.15. The summed E-state index contributed by atoms with van der Waals surface area (Å²) in [6, 6.07) is 11.5. The molecular weight excluding hydrogens is 292 g/mol. The summed E-state index contributed by atoms with van der Waals surface area (Å²) in [5, 5.41) is 1.68. The molecule has 0 aliphatic heterocycles. The molecule has 0 bridgehead atoms. The van der Waals surface area contributed by atoms with Crippen molar-refractivity contribution in [3.8, 4) is 22.0 Å². The highest BCUT2D eigenvalue weighted by molar-refractivity contribution is 7.15. The molecule has 3 rings (SSSR count). The summed E-state index contributed by atoms with van der Waals surface area (Å²) in [6.07, 6.45) is 2.45. The zero-order valence-electron chi connectivity index (χ0n) is 10.7. The lowest BCUT2D eigenvalue weighted by Crippen LogP contribution is -2.01. The number of nitrogens with two attached hydrogens (primary N) is 1. The molecule has 0 aliphatic rings. The van der Waals surface area contributed by atoms with E-state index in [9.17, 15) is 0 Å². The lowest BCUT2D eigenvalue weighted by Gasteiger charge is -1.95. The van der Waals surface area contributed by atoms with Crippen LogP contribution >= 0.6 is 22.9 Å².